The molecule has 2 N–H and O–H groups in total. The van der Waals surface area contributed by atoms with Crippen LogP contribution in [-0.4, -0.2) is 36.0 Å². The summed E-state index contributed by atoms with van der Waals surface area (Å²) in [6.07, 6.45) is 0.480. The van der Waals surface area contributed by atoms with Crippen molar-refractivity contribution in [1.82, 2.24) is 0 Å². The molecule has 0 aromatic carbocycles. The number of hydrogen-bond acceptors (Lipinski definition) is 4. The average molecular weight is 164 g/mol. The van der Waals surface area contributed by atoms with Crippen molar-refractivity contribution in [3.05, 3.63) is 0 Å². The van der Waals surface area contributed by atoms with Gasteiger partial charge >= 0.3 is 5.97 Å². The molecule has 0 aromatic rings. The summed E-state index contributed by atoms with van der Waals surface area (Å²) in [7, 11) is 0. The lowest BCUT2D eigenvalue weighted by Crippen LogP contribution is -2.00. The highest BCUT2D eigenvalue weighted by Gasteiger charge is 1.91. The topological polar surface area (TPSA) is 66.8 Å². The molecule has 0 bridgehead atoms. The number of carbonyl (C=O) groups excluding carboxylic acids is 1. The second kappa shape index (κ2) is 12.1. The van der Waals surface area contributed by atoms with E-state index in [1.807, 2.05) is 0 Å². The summed E-state index contributed by atoms with van der Waals surface area (Å²) in [5, 5.41) is 15.2. The molecule has 0 fully saturated rings. The molecule has 0 saturated carbocycles. The molecule has 0 atom stereocenters. The summed E-state index contributed by atoms with van der Waals surface area (Å²) in [5.41, 5.74) is 0. The SMILES string of the molecule is CCOC(=O)CC.OCCO. The average Bonchev–Trinajstić information content (AvgIpc) is 2.05. The molecule has 0 radical (unpaired) electrons. The van der Waals surface area contributed by atoms with Crippen LogP contribution in [0.25, 0.3) is 0 Å². The predicted octanol–water partition coefficient (Wildman–Crippen LogP) is -0.0695. The van der Waals surface area contributed by atoms with E-state index < -0.39 is 0 Å². The van der Waals surface area contributed by atoms with Gasteiger partial charge in [0.15, 0.2) is 0 Å². The van der Waals surface area contributed by atoms with Gasteiger partial charge in [-0.25, -0.2) is 0 Å². The van der Waals surface area contributed by atoms with Crippen LogP contribution in [0.15, 0.2) is 0 Å². The molecule has 4 heteroatoms. The number of aliphatic hydroxyl groups excluding tert-OH is 2. The first kappa shape index (κ1) is 13.0. The summed E-state index contributed by atoms with van der Waals surface area (Å²) in [6, 6.07) is 0. The van der Waals surface area contributed by atoms with E-state index in [4.69, 9.17) is 10.2 Å². The first-order chi connectivity index (χ1) is 5.22. The quantitative estimate of drug-likeness (QED) is 0.573. The van der Waals surface area contributed by atoms with Crippen LogP contribution < -0.4 is 0 Å². The van der Waals surface area contributed by atoms with E-state index in [-0.39, 0.29) is 19.2 Å². The fourth-order valence-electron chi connectivity index (χ4n) is 0.263. The lowest BCUT2D eigenvalue weighted by molar-refractivity contribution is -0.142. The minimum Gasteiger partial charge on any atom is -0.466 e. The highest BCUT2D eigenvalue weighted by molar-refractivity contribution is 5.68. The molecule has 0 amide bonds. The van der Waals surface area contributed by atoms with Crippen LogP contribution in [0, 0.1) is 0 Å². The molecular weight excluding hydrogens is 148 g/mol. The van der Waals surface area contributed by atoms with Gasteiger partial charge in [-0.05, 0) is 6.92 Å². The Kier molecular flexibility index (Phi) is 14.3. The monoisotopic (exact) mass is 164 g/mol. The number of aliphatic hydroxyl groups is 2. The van der Waals surface area contributed by atoms with E-state index in [9.17, 15) is 4.79 Å². The normalized spacial score (nSPS) is 8.00. The summed E-state index contributed by atoms with van der Waals surface area (Å²) in [6.45, 7) is 3.82. The zero-order valence-corrected chi connectivity index (χ0v) is 7.04. The lowest BCUT2D eigenvalue weighted by Gasteiger charge is -1.93. The standard InChI is InChI=1S/C5H10O2.C2H6O2/c1-3-5(6)7-4-2;3-1-2-4/h3-4H2,1-2H3;3-4H,1-2H2. The molecule has 0 aliphatic heterocycles. The van der Waals surface area contributed by atoms with Gasteiger partial charge in [-0.1, -0.05) is 6.92 Å². The third-order valence-corrected chi connectivity index (χ3v) is 0.694. The molecule has 0 unspecified atom stereocenters. The van der Waals surface area contributed by atoms with E-state index in [0.717, 1.165) is 0 Å². The van der Waals surface area contributed by atoms with Crippen LogP contribution in [0.1, 0.15) is 20.3 Å². The Morgan fingerprint density at radius 1 is 1.27 bits per heavy atom. The second-order valence-corrected chi connectivity index (χ2v) is 1.61. The Balaban J connectivity index is 0. The Bertz CT molecular complexity index is 80.5. The Labute approximate surface area is 66.8 Å². The molecule has 0 rings (SSSR count). The molecule has 0 saturated heterocycles. The van der Waals surface area contributed by atoms with Crippen LogP contribution in [0.5, 0.6) is 0 Å². The van der Waals surface area contributed by atoms with Gasteiger partial charge in [0.1, 0.15) is 0 Å². The first-order valence-electron chi connectivity index (χ1n) is 3.60. The van der Waals surface area contributed by atoms with Crippen molar-refractivity contribution < 1.29 is 19.7 Å². The number of carbonyl (C=O) groups is 1. The third-order valence-electron chi connectivity index (χ3n) is 0.694. The lowest BCUT2D eigenvalue weighted by atomic mass is 10.5. The van der Waals surface area contributed by atoms with Gasteiger partial charge in [0, 0.05) is 6.42 Å². The van der Waals surface area contributed by atoms with Crippen LogP contribution in [-0.2, 0) is 9.53 Å². The van der Waals surface area contributed by atoms with Crippen LogP contribution in [0.3, 0.4) is 0 Å². The maximum atomic E-state index is 10.2. The van der Waals surface area contributed by atoms with Crippen LogP contribution in [0.4, 0.5) is 0 Å². The first-order valence-corrected chi connectivity index (χ1v) is 3.60. The summed E-state index contributed by atoms with van der Waals surface area (Å²) in [4.78, 5) is 10.2. The van der Waals surface area contributed by atoms with E-state index in [1.165, 1.54) is 0 Å². The van der Waals surface area contributed by atoms with Crippen molar-refractivity contribution in [3.63, 3.8) is 0 Å². The number of hydrogen-bond donors (Lipinski definition) is 2. The largest absolute Gasteiger partial charge is 0.466 e. The molecule has 0 aliphatic rings. The van der Waals surface area contributed by atoms with E-state index in [0.29, 0.717) is 13.0 Å². The third kappa shape index (κ3) is 17.7. The van der Waals surface area contributed by atoms with E-state index in [2.05, 4.69) is 4.74 Å². The predicted molar refractivity (Wildman–Crippen MR) is 41.1 cm³/mol. The van der Waals surface area contributed by atoms with Crippen molar-refractivity contribution >= 4 is 5.97 Å². The minimum atomic E-state index is -0.125. The second-order valence-electron chi connectivity index (χ2n) is 1.61. The smallest absolute Gasteiger partial charge is 0.305 e. The molecule has 0 aromatic heterocycles. The van der Waals surface area contributed by atoms with Crippen molar-refractivity contribution in [1.29, 1.82) is 0 Å². The van der Waals surface area contributed by atoms with E-state index in [1.54, 1.807) is 13.8 Å². The summed E-state index contributed by atoms with van der Waals surface area (Å²) < 4.78 is 4.55. The molecule has 11 heavy (non-hydrogen) atoms. The van der Waals surface area contributed by atoms with Crippen molar-refractivity contribution in [2.75, 3.05) is 19.8 Å². The molecular formula is C7H16O4. The van der Waals surface area contributed by atoms with Crippen LogP contribution >= 0.6 is 0 Å². The van der Waals surface area contributed by atoms with Gasteiger partial charge in [-0.15, -0.1) is 0 Å². The van der Waals surface area contributed by atoms with Crippen LogP contribution in [0.2, 0.25) is 0 Å². The van der Waals surface area contributed by atoms with Gasteiger partial charge in [0.25, 0.3) is 0 Å². The van der Waals surface area contributed by atoms with Gasteiger partial charge in [0.2, 0.25) is 0 Å². The number of ether oxygens (including phenoxy) is 1. The minimum absolute atomic E-state index is 0.123. The van der Waals surface area contributed by atoms with Crippen molar-refractivity contribution in [2.45, 2.75) is 20.3 Å². The van der Waals surface area contributed by atoms with E-state index >= 15 is 0 Å². The van der Waals surface area contributed by atoms with Gasteiger partial charge < -0.3 is 14.9 Å². The summed E-state index contributed by atoms with van der Waals surface area (Å²) >= 11 is 0. The maximum absolute atomic E-state index is 10.2. The summed E-state index contributed by atoms with van der Waals surface area (Å²) in [5.74, 6) is -0.123. The molecule has 4 nitrogen and oxygen atoms in total. The van der Waals surface area contributed by atoms with Crippen molar-refractivity contribution in [3.8, 4) is 0 Å². The van der Waals surface area contributed by atoms with Gasteiger partial charge in [-0.2, -0.15) is 0 Å². The Morgan fingerprint density at radius 2 is 1.73 bits per heavy atom. The fraction of sp³-hybridized carbons (Fsp3) is 0.857. The maximum Gasteiger partial charge on any atom is 0.305 e. The van der Waals surface area contributed by atoms with Crippen molar-refractivity contribution in [2.24, 2.45) is 0 Å². The molecule has 68 valence electrons. The highest BCUT2D eigenvalue weighted by Crippen LogP contribution is 1.80. The zero-order chi connectivity index (χ0) is 9.11. The van der Waals surface area contributed by atoms with Gasteiger partial charge in [-0.3, -0.25) is 4.79 Å². The fourth-order valence-corrected chi connectivity index (χ4v) is 0.263. The highest BCUT2D eigenvalue weighted by atomic mass is 16.5. The number of esters is 1. The Hall–Kier alpha value is -0.610. The number of rotatable bonds is 3. The molecule has 0 spiro atoms. The van der Waals surface area contributed by atoms with Gasteiger partial charge in [0.05, 0.1) is 19.8 Å². The Morgan fingerprint density at radius 3 is 1.82 bits per heavy atom. The zero-order valence-electron chi connectivity index (χ0n) is 7.04. The molecule has 0 heterocycles. The molecule has 0 aliphatic carbocycles.